The van der Waals surface area contributed by atoms with Crippen molar-refractivity contribution < 1.29 is 13.5 Å². The summed E-state index contributed by atoms with van der Waals surface area (Å²) in [6.07, 6.45) is 3.27. The Morgan fingerprint density at radius 3 is 2.85 bits per heavy atom. The van der Waals surface area contributed by atoms with Crippen molar-refractivity contribution in [2.75, 3.05) is 13.2 Å². The van der Waals surface area contributed by atoms with E-state index in [1.165, 1.54) is 18.2 Å². The van der Waals surface area contributed by atoms with Gasteiger partial charge in [-0.15, -0.1) is 0 Å². The molecule has 0 amide bonds. The summed E-state index contributed by atoms with van der Waals surface area (Å²) < 4.78 is 32.0. The Morgan fingerprint density at radius 1 is 1.45 bits per heavy atom. The number of nitrogens with zero attached hydrogens (tertiary/aromatic N) is 1. The van der Waals surface area contributed by atoms with Gasteiger partial charge >= 0.3 is 0 Å². The minimum absolute atomic E-state index is 0.155. The highest BCUT2D eigenvalue weighted by Crippen LogP contribution is 2.10. The number of ether oxygens (including phenoxy) is 1. The van der Waals surface area contributed by atoms with Crippen molar-refractivity contribution >= 4 is 23.5 Å². The van der Waals surface area contributed by atoms with Crippen LogP contribution >= 0.6 is 12.2 Å². The second kappa shape index (κ2) is 7.25. The van der Waals surface area contributed by atoms with Gasteiger partial charge in [0.25, 0.3) is 0 Å². The Kier molecular flexibility index (Phi) is 5.37. The molecular formula is C13H15F2N3OS. The molecule has 108 valence electrons. The molecule has 1 aromatic carbocycles. The lowest BCUT2D eigenvalue weighted by Crippen LogP contribution is -2.37. The number of hydrazone groups is 1. The highest BCUT2D eigenvalue weighted by atomic mass is 32.1. The minimum atomic E-state index is -0.672. The van der Waals surface area contributed by atoms with E-state index in [1.807, 2.05) is 0 Å². The second-order valence-corrected chi connectivity index (χ2v) is 4.76. The van der Waals surface area contributed by atoms with Gasteiger partial charge in [0.2, 0.25) is 0 Å². The molecule has 4 nitrogen and oxygen atoms in total. The lowest BCUT2D eigenvalue weighted by Gasteiger charge is -2.11. The van der Waals surface area contributed by atoms with Crippen LogP contribution in [0.2, 0.25) is 0 Å². The van der Waals surface area contributed by atoms with Crippen molar-refractivity contribution in [3.05, 3.63) is 35.4 Å². The zero-order chi connectivity index (χ0) is 14.4. The Labute approximate surface area is 121 Å². The molecule has 1 aromatic rings. The maximum Gasteiger partial charge on any atom is 0.187 e. The van der Waals surface area contributed by atoms with Gasteiger partial charge in [-0.3, -0.25) is 5.43 Å². The third kappa shape index (κ3) is 4.21. The number of hydrogen-bond donors (Lipinski definition) is 2. The normalized spacial score (nSPS) is 18.4. The molecule has 1 saturated heterocycles. The number of nitrogens with one attached hydrogen (secondary N) is 2. The maximum atomic E-state index is 13.3. The van der Waals surface area contributed by atoms with Crippen molar-refractivity contribution in [1.29, 1.82) is 0 Å². The molecular weight excluding hydrogens is 284 g/mol. The van der Waals surface area contributed by atoms with Gasteiger partial charge in [0, 0.05) is 13.2 Å². The van der Waals surface area contributed by atoms with E-state index >= 15 is 0 Å². The molecule has 1 unspecified atom stereocenters. The predicted octanol–water partition coefficient (Wildman–Crippen LogP) is 1.94. The second-order valence-electron chi connectivity index (χ2n) is 4.35. The van der Waals surface area contributed by atoms with Crippen molar-refractivity contribution in [3.63, 3.8) is 0 Å². The van der Waals surface area contributed by atoms with Crippen molar-refractivity contribution in [1.82, 2.24) is 10.7 Å². The molecule has 0 aliphatic carbocycles. The first kappa shape index (κ1) is 14.8. The Hall–Kier alpha value is -1.60. The molecule has 0 radical (unpaired) electrons. The Bertz CT molecular complexity index is 484. The molecule has 0 spiro atoms. The maximum absolute atomic E-state index is 13.3. The largest absolute Gasteiger partial charge is 0.376 e. The molecule has 2 rings (SSSR count). The van der Waals surface area contributed by atoms with Gasteiger partial charge in [0.15, 0.2) is 5.11 Å². The van der Waals surface area contributed by atoms with Crippen LogP contribution in [0.15, 0.2) is 23.3 Å². The third-order valence-corrected chi connectivity index (χ3v) is 3.11. The average Bonchev–Trinajstić information content (AvgIpc) is 2.93. The van der Waals surface area contributed by atoms with Crippen molar-refractivity contribution in [3.8, 4) is 0 Å². The van der Waals surface area contributed by atoms with Gasteiger partial charge in [-0.05, 0) is 37.2 Å². The molecule has 1 aliphatic heterocycles. The van der Waals surface area contributed by atoms with Crippen LogP contribution in [0.25, 0.3) is 0 Å². The van der Waals surface area contributed by atoms with E-state index in [4.69, 9.17) is 17.0 Å². The smallest absolute Gasteiger partial charge is 0.187 e. The summed E-state index contributed by atoms with van der Waals surface area (Å²) in [4.78, 5) is 0. The SMILES string of the molecule is Fc1cccc(F)c1/C=N/NC(=S)NCC1CCCO1. The number of hydrogen-bond acceptors (Lipinski definition) is 3. The Balaban J connectivity index is 1.79. The van der Waals surface area contributed by atoms with Crippen molar-refractivity contribution in [2.24, 2.45) is 5.10 Å². The molecule has 2 N–H and O–H groups in total. The van der Waals surface area contributed by atoms with Crippen LogP contribution < -0.4 is 10.7 Å². The average molecular weight is 299 g/mol. The topological polar surface area (TPSA) is 45.7 Å². The molecule has 7 heteroatoms. The van der Waals surface area contributed by atoms with Crippen LogP contribution in [0, 0.1) is 11.6 Å². The van der Waals surface area contributed by atoms with Gasteiger partial charge in [0.1, 0.15) is 11.6 Å². The number of benzene rings is 1. The number of halogens is 2. The lowest BCUT2D eigenvalue weighted by molar-refractivity contribution is 0.114. The first-order valence-electron chi connectivity index (χ1n) is 6.29. The van der Waals surface area contributed by atoms with Crippen molar-refractivity contribution in [2.45, 2.75) is 18.9 Å². The van der Waals surface area contributed by atoms with Crippen LogP contribution in [0.5, 0.6) is 0 Å². The van der Waals surface area contributed by atoms with E-state index in [-0.39, 0.29) is 16.8 Å². The molecule has 0 saturated carbocycles. The zero-order valence-electron chi connectivity index (χ0n) is 10.7. The molecule has 20 heavy (non-hydrogen) atoms. The molecule has 0 aromatic heterocycles. The first-order chi connectivity index (χ1) is 9.66. The fourth-order valence-electron chi connectivity index (χ4n) is 1.84. The van der Waals surface area contributed by atoms with E-state index in [2.05, 4.69) is 15.8 Å². The fraction of sp³-hybridized carbons (Fsp3) is 0.385. The van der Waals surface area contributed by atoms with E-state index in [0.29, 0.717) is 6.54 Å². The molecule has 0 bridgehead atoms. The van der Waals surface area contributed by atoms with Gasteiger partial charge in [-0.1, -0.05) is 6.07 Å². The van der Waals surface area contributed by atoms with Crippen LogP contribution in [-0.2, 0) is 4.74 Å². The molecule has 1 fully saturated rings. The summed E-state index contributed by atoms with van der Waals surface area (Å²) in [6, 6.07) is 3.63. The monoisotopic (exact) mass is 299 g/mol. The van der Waals surface area contributed by atoms with Gasteiger partial charge in [0.05, 0.1) is 17.9 Å². The summed E-state index contributed by atoms with van der Waals surface area (Å²) in [5.74, 6) is -1.34. The third-order valence-electron chi connectivity index (χ3n) is 2.87. The van der Waals surface area contributed by atoms with E-state index in [1.54, 1.807) is 0 Å². The van der Waals surface area contributed by atoms with E-state index in [0.717, 1.165) is 25.7 Å². The van der Waals surface area contributed by atoms with Crippen LogP contribution in [-0.4, -0.2) is 30.6 Å². The molecule has 1 atom stereocenters. The standard InChI is InChI=1S/C13H15F2N3OS/c14-11-4-1-5-12(15)10(11)8-17-18-13(20)16-7-9-3-2-6-19-9/h1,4-5,8-9H,2-3,6-7H2,(H2,16,18,20)/b17-8+. The fourth-order valence-corrected chi connectivity index (χ4v) is 1.98. The van der Waals surface area contributed by atoms with Crippen LogP contribution in [0.1, 0.15) is 18.4 Å². The highest BCUT2D eigenvalue weighted by molar-refractivity contribution is 7.80. The minimum Gasteiger partial charge on any atom is -0.376 e. The number of rotatable bonds is 4. The van der Waals surface area contributed by atoms with Gasteiger partial charge in [-0.25, -0.2) is 8.78 Å². The number of thiocarbonyl (C=S) groups is 1. The molecule has 1 heterocycles. The summed E-state index contributed by atoms with van der Waals surface area (Å²) in [5, 5.41) is 6.93. The zero-order valence-corrected chi connectivity index (χ0v) is 11.6. The lowest BCUT2D eigenvalue weighted by atomic mass is 10.2. The summed E-state index contributed by atoms with van der Waals surface area (Å²) in [6.45, 7) is 1.37. The van der Waals surface area contributed by atoms with Crippen LogP contribution in [0.3, 0.4) is 0 Å². The van der Waals surface area contributed by atoms with Gasteiger partial charge in [-0.2, -0.15) is 5.10 Å². The highest BCUT2D eigenvalue weighted by Gasteiger charge is 2.15. The van der Waals surface area contributed by atoms with E-state index in [9.17, 15) is 8.78 Å². The first-order valence-corrected chi connectivity index (χ1v) is 6.70. The molecule has 1 aliphatic rings. The summed E-state index contributed by atoms with van der Waals surface area (Å²) >= 11 is 4.99. The van der Waals surface area contributed by atoms with E-state index < -0.39 is 11.6 Å². The van der Waals surface area contributed by atoms with Crippen LogP contribution in [0.4, 0.5) is 8.78 Å². The summed E-state index contributed by atoms with van der Waals surface area (Å²) in [7, 11) is 0. The predicted molar refractivity (Wildman–Crippen MR) is 76.7 cm³/mol. The Morgan fingerprint density at radius 2 is 2.20 bits per heavy atom. The van der Waals surface area contributed by atoms with Gasteiger partial charge < -0.3 is 10.1 Å². The quantitative estimate of drug-likeness (QED) is 0.507. The summed E-state index contributed by atoms with van der Waals surface area (Å²) in [5.41, 5.74) is 2.30.